The van der Waals surface area contributed by atoms with Gasteiger partial charge in [0, 0.05) is 17.3 Å². The maximum Gasteiger partial charge on any atom is 0.230 e. The summed E-state index contributed by atoms with van der Waals surface area (Å²) in [6.07, 6.45) is 1.03. The molecule has 1 N–H and O–H groups in total. The zero-order chi connectivity index (χ0) is 13.4. The van der Waals surface area contributed by atoms with Crippen LogP contribution >= 0.6 is 23.4 Å². The Bertz CT molecular complexity index is 382. The lowest BCUT2D eigenvalue weighted by Gasteiger charge is -2.07. The molecule has 100 valence electrons. The van der Waals surface area contributed by atoms with E-state index < -0.39 is 0 Å². The first-order chi connectivity index (χ1) is 8.58. The summed E-state index contributed by atoms with van der Waals surface area (Å²) in [5, 5.41) is 3.67. The summed E-state index contributed by atoms with van der Waals surface area (Å²) in [5.41, 5.74) is 1.16. The monoisotopic (exact) mass is 285 g/mol. The SMILES string of the molecule is CC(C)CCNC(=O)CSCc1cccc(Cl)c1. The van der Waals surface area contributed by atoms with Crippen molar-refractivity contribution in [2.24, 2.45) is 5.92 Å². The zero-order valence-corrected chi connectivity index (χ0v) is 12.5. The minimum atomic E-state index is 0.114. The fourth-order valence-electron chi connectivity index (χ4n) is 1.44. The van der Waals surface area contributed by atoms with E-state index in [1.165, 1.54) is 0 Å². The van der Waals surface area contributed by atoms with Gasteiger partial charge in [0.2, 0.25) is 5.91 Å². The maximum absolute atomic E-state index is 11.5. The van der Waals surface area contributed by atoms with Gasteiger partial charge in [-0.2, -0.15) is 0 Å². The Kier molecular flexibility index (Phi) is 7.21. The molecule has 1 aromatic carbocycles. The van der Waals surface area contributed by atoms with Gasteiger partial charge in [0.05, 0.1) is 5.75 Å². The van der Waals surface area contributed by atoms with E-state index >= 15 is 0 Å². The predicted octanol–water partition coefficient (Wildman–Crippen LogP) is 3.74. The number of rotatable bonds is 7. The zero-order valence-electron chi connectivity index (χ0n) is 10.9. The lowest BCUT2D eigenvalue weighted by atomic mass is 10.1. The van der Waals surface area contributed by atoms with Crippen LogP contribution in [0.5, 0.6) is 0 Å². The highest BCUT2D eigenvalue weighted by atomic mass is 35.5. The molecular formula is C14H20ClNOS. The Labute approximate surface area is 118 Å². The van der Waals surface area contributed by atoms with Gasteiger partial charge >= 0.3 is 0 Å². The van der Waals surface area contributed by atoms with Crippen LogP contribution in [0, 0.1) is 5.92 Å². The lowest BCUT2D eigenvalue weighted by Crippen LogP contribution is -2.26. The Balaban J connectivity index is 2.15. The first-order valence-corrected chi connectivity index (χ1v) is 7.70. The van der Waals surface area contributed by atoms with Crippen molar-refractivity contribution >= 4 is 29.3 Å². The maximum atomic E-state index is 11.5. The molecule has 0 aliphatic rings. The molecule has 0 heterocycles. The summed E-state index contributed by atoms with van der Waals surface area (Å²) in [5.74, 6) is 2.06. The Morgan fingerprint density at radius 3 is 2.89 bits per heavy atom. The van der Waals surface area contributed by atoms with Crippen molar-refractivity contribution in [2.75, 3.05) is 12.3 Å². The van der Waals surface area contributed by atoms with Crippen LogP contribution in [0.1, 0.15) is 25.8 Å². The number of hydrogen-bond acceptors (Lipinski definition) is 2. The van der Waals surface area contributed by atoms with E-state index in [0.717, 1.165) is 29.3 Å². The molecule has 2 nitrogen and oxygen atoms in total. The third kappa shape index (κ3) is 6.92. The molecule has 4 heteroatoms. The van der Waals surface area contributed by atoms with Crippen molar-refractivity contribution in [3.05, 3.63) is 34.9 Å². The topological polar surface area (TPSA) is 29.1 Å². The fourth-order valence-corrected chi connectivity index (χ4v) is 2.46. The van der Waals surface area contributed by atoms with Crippen molar-refractivity contribution in [3.63, 3.8) is 0 Å². The smallest absolute Gasteiger partial charge is 0.230 e. The molecule has 1 aromatic rings. The van der Waals surface area contributed by atoms with Crippen LogP contribution in [0.15, 0.2) is 24.3 Å². The summed E-state index contributed by atoms with van der Waals surface area (Å²) in [7, 11) is 0. The van der Waals surface area contributed by atoms with Gasteiger partial charge in [-0.3, -0.25) is 4.79 Å². The predicted molar refractivity (Wildman–Crippen MR) is 80.1 cm³/mol. The number of carbonyl (C=O) groups is 1. The minimum Gasteiger partial charge on any atom is -0.355 e. The summed E-state index contributed by atoms with van der Waals surface area (Å²) in [6, 6.07) is 7.75. The second kappa shape index (κ2) is 8.44. The highest BCUT2D eigenvalue weighted by molar-refractivity contribution is 7.99. The average molecular weight is 286 g/mol. The standard InChI is InChI=1S/C14H20ClNOS/c1-11(2)6-7-16-14(17)10-18-9-12-4-3-5-13(15)8-12/h3-5,8,11H,6-7,9-10H2,1-2H3,(H,16,17). The van der Waals surface area contributed by atoms with E-state index in [9.17, 15) is 4.79 Å². The third-order valence-corrected chi connectivity index (χ3v) is 3.67. The lowest BCUT2D eigenvalue weighted by molar-refractivity contribution is -0.118. The van der Waals surface area contributed by atoms with Gasteiger partial charge in [0.1, 0.15) is 0 Å². The first kappa shape index (κ1) is 15.4. The Morgan fingerprint density at radius 1 is 1.44 bits per heavy atom. The molecule has 0 aliphatic carbocycles. The van der Waals surface area contributed by atoms with Gasteiger partial charge in [0.25, 0.3) is 0 Å². The van der Waals surface area contributed by atoms with Crippen LogP contribution in [0.2, 0.25) is 5.02 Å². The second-order valence-electron chi connectivity index (χ2n) is 4.66. The van der Waals surface area contributed by atoms with Crippen LogP contribution in [0.25, 0.3) is 0 Å². The van der Waals surface area contributed by atoms with Crippen LogP contribution in [-0.2, 0) is 10.5 Å². The molecule has 1 rings (SSSR count). The number of hydrogen-bond donors (Lipinski definition) is 1. The number of nitrogens with one attached hydrogen (secondary N) is 1. The Hall–Kier alpha value is -0.670. The molecule has 1 amide bonds. The van der Waals surface area contributed by atoms with E-state index in [4.69, 9.17) is 11.6 Å². The van der Waals surface area contributed by atoms with Gasteiger partial charge in [-0.1, -0.05) is 37.6 Å². The molecule has 0 unspecified atom stereocenters. The molecule has 0 radical (unpaired) electrons. The summed E-state index contributed by atoms with van der Waals surface area (Å²) in [4.78, 5) is 11.5. The second-order valence-corrected chi connectivity index (χ2v) is 6.08. The number of thioether (sulfide) groups is 1. The number of benzene rings is 1. The van der Waals surface area contributed by atoms with E-state index in [1.54, 1.807) is 11.8 Å². The summed E-state index contributed by atoms with van der Waals surface area (Å²) >= 11 is 7.51. The molecule has 0 spiro atoms. The number of carbonyl (C=O) groups excluding carboxylic acids is 1. The molecule has 0 aliphatic heterocycles. The van der Waals surface area contributed by atoms with E-state index in [-0.39, 0.29) is 5.91 Å². The van der Waals surface area contributed by atoms with E-state index in [1.807, 2.05) is 24.3 Å². The van der Waals surface area contributed by atoms with Gasteiger partial charge in [-0.05, 0) is 30.0 Å². The highest BCUT2D eigenvalue weighted by Gasteiger charge is 2.02. The van der Waals surface area contributed by atoms with E-state index in [2.05, 4.69) is 19.2 Å². The number of halogens is 1. The van der Waals surface area contributed by atoms with Crippen molar-refractivity contribution in [1.29, 1.82) is 0 Å². The van der Waals surface area contributed by atoms with Gasteiger partial charge in [-0.25, -0.2) is 0 Å². The molecule has 0 fully saturated rings. The third-order valence-electron chi connectivity index (χ3n) is 2.43. The highest BCUT2D eigenvalue weighted by Crippen LogP contribution is 2.16. The van der Waals surface area contributed by atoms with Crippen LogP contribution < -0.4 is 5.32 Å². The normalized spacial score (nSPS) is 10.7. The average Bonchev–Trinajstić information content (AvgIpc) is 2.28. The Morgan fingerprint density at radius 2 is 2.22 bits per heavy atom. The van der Waals surface area contributed by atoms with Crippen LogP contribution in [-0.4, -0.2) is 18.2 Å². The number of amides is 1. The van der Waals surface area contributed by atoms with E-state index in [0.29, 0.717) is 11.7 Å². The molecular weight excluding hydrogens is 266 g/mol. The van der Waals surface area contributed by atoms with Crippen LogP contribution in [0.3, 0.4) is 0 Å². The van der Waals surface area contributed by atoms with Gasteiger partial charge < -0.3 is 5.32 Å². The fraction of sp³-hybridized carbons (Fsp3) is 0.500. The first-order valence-electron chi connectivity index (χ1n) is 6.17. The quantitative estimate of drug-likeness (QED) is 0.827. The van der Waals surface area contributed by atoms with Crippen LogP contribution in [0.4, 0.5) is 0 Å². The van der Waals surface area contributed by atoms with Crippen molar-refractivity contribution < 1.29 is 4.79 Å². The van der Waals surface area contributed by atoms with Gasteiger partial charge in [0.15, 0.2) is 0 Å². The molecule has 18 heavy (non-hydrogen) atoms. The molecule has 0 saturated heterocycles. The summed E-state index contributed by atoms with van der Waals surface area (Å²) < 4.78 is 0. The molecule has 0 aromatic heterocycles. The van der Waals surface area contributed by atoms with Crippen molar-refractivity contribution in [3.8, 4) is 0 Å². The molecule has 0 saturated carbocycles. The minimum absolute atomic E-state index is 0.114. The van der Waals surface area contributed by atoms with Crippen molar-refractivity contribution in [2.45, 2.75) is 26.0 Å². The molecule has 0 atom stereocenters. The van der Waals surface area contributed by atoms with Gasteiger partial charge in [-0.15, -0.1) is 11.8 Å². The summed E-state index contributed by atoms with van der Waals surface area (Å²) in [6.45, 7) is 5.08. The largest absolute Gasteiger partial charge is 0.355 e. The molecule has 0 bridgehead atoms. The van der Waals surface area contributed by atoms with Crippen molar-refractivity contribution in [1.82, 2.24) is 5.32 Å².